The Bertz CT molecular complexity index is 1120. The molecule has 33 heavy (non-hydrogen) atoms. The molecule has 1 amide bonds. The third-order valence-electron chi connectivity index (χ3n) is 5.63. The zero-order valence-corrected chi connectivity index (χ0v) is 19.4. The second-order valence-corrected chi connectivity index (χ2v) is 7.82. The fraction of sp³-hybridized carbons (Fsp3) is 0.308. The molecule has 0 aliphatic heterocycles. The summed E-state index contributed by atoms with van der Waals surface area (Å²) in [4.78, 5) is 48.1. The van der Waals surface area contributed by atoms with Crippen LogP contribution in [-0.2, 0) is 11.2 Å². The number of rotatable bonds is 9. The third kappa shape index (κ3) is 5.37. The van der Waals surface area contributed by atoms with Gasteiger partial charge < -0.3 is 14.6 Å². The largest absolute Gasteiger partial charge is 0.461 e. The number of benzene rings is 1. The molecule has 1 N–H and O–H groups in total. The third-order valence-corrected chi connectivity index (χ3v) is 5.63. The Morgan fingerprint density at radius 2 is 1.76 bits per heavy atom. The Balaban J connectivity index is 1.92. The van der Waals surface area contributed by atoms with Crippen molar-refractivity contribution in [2.45, 2.75) is 40.2 Å². The molecule has 172 valence electrons. The first-order valence-electron chi connectivity index (χ1n) is 11.0. The number of aromatic amines is 1. The SMILES string of the molecule is CCOC(=O)c1[nH]c(C)c(C(=O)[C@@H](C)N(CCc2ccccn2)C(=O)c2ccccc2)c1C. The molecular weight excluding hydrogens is 418 g/mol. The number of amides is 1. The van der Waals surface area contributed by atoms with Gasteiger partial charge in [0.15, 0.2) is 5.78 Å². The lowest BCUT2D eigenvalue weighted by Crippen LogP contribution is -2.44. The summed E-state index contributed by atoms with van der Waals surface area (Å²) in [7, 11) is 0. The molecule has 0 radical (unpaired) electrons. The van der Waals surface area contributed by atoms with E-state index in [0.29, 0.717) is 35.3 Å². The quantitative estimate of drug-likeness (QED) is 0.393. The highest BCUT2D eigenvalue weighted by atomic mass is 16.5. The predicted octanol–water partition coefficient (Wildman–Crippen LogP) is 4.16. The summed E-state index contributed by atoms with van der Waals surface area (Å²) < 4.78 is 5.10. The maximum absolute atomic E-state index is 13.6. The van der Waals surface area contributed by atoms with Crippen LogP contribution in [0.15, 0.2) is 54.7 Å². The number of aromatic nitrogens is 2. The molecule has 3 aromatic rings. The van der Waals surface area contributed by atoms with Crippen molar-refractivity contribution in [2.24, 2.45) is 0 Å². The molecule has 0 aliphatic carbocycles. The van der Waals surface area contributed by atoms with Gasteiger partial charge >= 0.3 is 5.97 Å². The minimum Gasteiger partial charge on any atom is -0.461 e. The molecule has 7 heteroatoms. The minimum absolute atomic E-state index is 0.233. The molecule has 1 atom stereocenters. The zero-order chi connectivity index (χ0) is 24.0. The standard InChI is InChI=1S/C26H29N3O4/c1-5-33-26(32)23-17(2)22(18(3)28-23)24(30)19(4)29(16-14-21-13-9-10-15-27-21)25(31)20-11-7-6-8-12-20/h6-13,15,19,28H,5,14,16H2,1-4H3/t19-/m1/s1. The average Bonchev–Trinajstić information content (AvgIpc) is 3.13. The summed E-state index contributed by atoms with van der Waals surface area (Å²) in [5.74, 6) is -0.969. The Morgan fingerprint density at radius 3 is 2.39 bits per heavy atom. The average molecular weight is 448 g/mol. The number of hydrogen-bond acceptors (Lipinski definition) is 5. The number of ketones is 1. The molecule has 0 spiro atoms. The number of aryl methyl sites for hydroxylation is 1. The zero-order valence-electron chi connectivity index (χ0n) is 19.4. The lowest BCUT2D eigenvalue weighted by Gasteiger charge is -2.29. The van der Waals surface area contributed by atoms with E-state index in [1.165, 1.54) is 0 Å². The van der Waals surface area contributed by atoms with Gasteiger partial charge in [0, 0.05) is 41.7 Å². The molecule has 3 rings (SSSR count). The van der Waals surface area contributed by atoms with Gasteiger partial charge in [0.05, 0.1) is 12.6 Å². The van der Waals surface area contributed by atoms with E-state index in [9.17, 15) is 14.4 Å². The molecule has 2 heterocycles. The highest BCUT2D eigenvalue weighted by Gasteiger charge is 2.31. The van der Waals surface area contributed by atoms with E-state index >= 15 is 0 Å². The van der Waals surface area contributed by atoms with Crippen molar-refractivity contribution in [1.29, 1.82) is 0 Å². The molecule has 1 aromatic carbocycles. The van der Waals surface area contributed by atoms with Crippen LogP contribution in [0.2, 0.25) is 0 Å². The minimum atomic E-state index is -0.746. The van der Waals surface area contributed by atoms with Gasteiger partial charge in [0.25, 0.3) is 5.91 Å². The fourth-order valence-electron chi connectivity index (χ4n) is 3.88. The van der Waals surface area contributed by atoms with Gasteiger partial charge in [0.1, 0.15) is 5.69 Å². The molecule has 0 saturated heterocycles. The van der Waals surface area contributed by atoms with E-state index in [-0.39, 0.29) is 24.0 Å². The molecule has 0 unspecified atom stereocenters. The van der Waals surface area contributed by atoms with Crippen LogP contribution in [0.5, 0.6) is 0 Å². The number of Topliss-reactive ketones (excluding diaryl/α,β-unsaturated/α-hetero) is 1. The number of ether oxygens (including phenoxy) is 1. The second-order valence-electron chi connectivity index (χ2n) is 7.82. The smallest absolute Gasteiger partial charge is 0.355 e. The lowest BCUT2D eigenvalue weighted by atomic mass is 9.99. The number of carbonyl (C=O) groups excluding carboxylic acids is 3. The molecular formula is C26H29N3O4. The number of esters is 1. The number of H-pyrrole nitrogens is 1. The van der Waals surface area contributed by atoms with Crippen molar-refractivity contribution >= 4 is 17.7 Å². The lowest BCUT2D eigenvalue weighted by molar-refractivity contribution is 0.0519. The number of nitrogens with one attached hydrogen (secondary N) is 1. The monoisotopic (exact) mass is 447 g/mol. The Hall–Kier alpha value is -3.74. The Kier molecular flexibility index (Phi) is 7.77. The molecule has 0 fully saturated rings. The van der Waals surface area contributed by atoms with Gasteiger partial charge in [-0.15, -0.1) is 0 Å². The highest BCUT2D eigenvalue weighted by Crippen LogP contribution is 2.23. The normalized spacial score (nSPS) is 11.6. The van der Waals surface area contributed by atoms with Gasteiger partial charge in [-0.05, 0) is 57.5 Å². The summed E-state index contributed by atoms with van der Waals surface area (Å²) in [5.41, 5.74) is 3.12. The van der Waals surface area contributed by atoms with E-state index in [2.05, 4.69) is 9.97 Å². The molecule has 0 saturated carbocycles. The first-order chi connectivity index (χ1) is 15.8. The van der Waals surface area contributed by atoms with Gasteiger partial charge in [0.2, 0.25) is 0 Å². The maximum atomic E-state index is 13.6. The van der Waals surface area contributed by atoms with Crippen molar-refractivity contribution in [3.8, 4) is 0 Å². The van der Waals surface area contributed by atoms with Crippen molar-refractivity contribution < 1.29 is 19.1 Å². The van der Waals surface area contributed by atoms with Gasteiger partial charge in [-0.1, -0.05) is 24.3 Å². The predicted molar refractivity (Wildman–Crippen MR) is 125 cm³/mol. The Labute approximate surface area is 193 Å². The van der Waals surface area contributed by atoms with Crippen LogP contribution in [0, 0.1) is 13.8 Å². The van der Waals surface area contributed by atoms with Crippen LogP contribution >= 0.6 is 0 Å². The first-order valence-corrected chi connectivity index (χ1v) is 11.0. The Morgan fingerprint density at radius 1 is 1.06 bits per heavy atom. The van der Waals surface area contributed by atoms with E-state index in [1.807, 2.05) is 24.3 Å². The van der Waals surface area contributed by atoms with E-state index < -0.39 is 12.0 Å². The van der Waals surface area contributed by atoms with Gasteiger partial charge in [-0.3, -0.25) is 14.6 Å². The maximum Gasteiger partial charge on any atom is 0.355 e. The van der Waals surface area contributed by atoms with Crippen molar-refractivity contribution in [2.75, 3.05) is 13.2 Å². The second kappa shape index (κ2) is 10.7. The van der Waals surface area contributed by atoms with E-state index in [4.69, 9.17) is 4.74 Å². The summed E-state index contributed by atoms with van der Waals surface area (Å²) in [6.45, 7) is 7.47. The number of hydrogen-bond donors (Lipinski definition) is 1. The molecule has 2 aromatic heterocycles. The van der Waals surface area contributed by atoms with Crippen LogP contribution in [0.25, 0.3) is 0 Å². The van der Waals surface area contributed by atoms with Crippen LogP contribution in [-0.4, -0.2) is 51.7 Å². The number of nitrogens with zero attached hydrogens (tertiary/aromatic N) is 2. The summed E-state index contributed by atoms with van der Waals surface area (Å²) in [6.07, 6.45) is 2.22. The van der Waals surface area contributed by atoms with Crippen LogP contribution < -0.4 is 0 Å². The molecule has 0 bridgehead atoms. The molecule has 0 aliphatic rings. The number of carbonyl (C=O) groups is 3. The van der Waals surface area contributed by atoms with Gasteiger partial charge in [-0.25, -0.2) is 4.79 Å². The summed E-state index contributed by atoms with van der Waals surface area (Å²) in [6, 6.07) is 13.8. The van der Waals surface area contributed by atoms with Crippen LogP contribution in [0.3, 0.4) is 0 Å². The van der Waals surface area contributed by atoms with Crippen molar-refractivity contribution in [3.05, 3.63) is 88.5 Å². The number of pyridine rings is 1. The highest BCUT2D eigenvalue weighted by molar-refractivity contribution is 6.07. The van der Waals surface area contributed by atoms with Crippen LogP contribution in [0.1, 0.15) is 62.0 Å². The summed E-state index contributed by atoms with van der Waals surface area (Å²) in [5, 5.41) is 0. The first kappa shape index (κ1) is 23.9. The fourth-order valence-corrected chi connectivity index (χ4v) is 3.88. The van der Waals surface area contributed by atoms with Crippen molar-refractivity contribution in [3.63, 3.8) is 0 Å². The van der Waals surface area contributed by atoms with E-state index in [1.54, 1.807) is 63.1 Å². The van der Waals surface area contributed by atoms with Crippen molar-refractivity contribution in [1.82, 2.24) is 14.9 Å². The van der Waals surface area contributed by atoms with E-state index in [0.717, 1.165) is 5.69 Å². The topological polar surface area (TPSA) is 92.4 Å². The summed E-state index contributed by atoms with van der Waals surface area (Å²) >= 11 is 0. The van der Waals surface area contributed by atoms with Gasteiger partial charge in [-0.2, -0.15) is 0 Å². The molecule has 7 nitrogen and oxygen atoms in total. The van der Waals surface area contributed by atoms with Crippen LogP contribution in [0.4, 0.5) is 0 Å².